The minimum atomic E-state index is 0.376. The molecule has 1 heteroatoms. The lowest BCUT2D eigenvalue weighted by atomic mass is 9.77. The normalized spacial score (nSPS) is 29.9. The molecule has 0 radical (unpaired) electrons. The highest BCUT2D eigenvalue weighted by atomic mass is 16.1. The highest BCUT2D eigenvalue weighted by Crippen LogP contribution is 2.41. The summed E-state index contributed by atoms with van der Waals surface area (Å²) in [5.41, 5.74) is 0.376. The number of carbonyl (C=O) groups excluding carboxylic acids is 1. The first-order valence-electron chi connectivity index (χ1n) is 7.98. The van der Waals surface area contributed by atoms with Crippen LogP contribution in [0, 0.1) is 23.2 Å². The summed E-state index contributed by atoms with van der Waals surface area (Å²) in [7, 11) is 0. The van der Waals surface area contributed by atoms with Gasteiger partial charge in [0.2, 0.25) is 0 Å². The summed E-state index contributed by atoms with van der Waals surface area (Å²) >= 11 is 0. The Morgan fingerprint density at radius 2 is 1.67 bits per heavy atom. The van der Waals surface area contributed by atoms with Crippen molar-refractivity contribution >= 4 is 5.78 Å². The minimum absolute atomic E-state index is 0.376. The molecule has 2 atom stereocenters. The van der Waals surface area contributed by atoms with Crippen LogP contribution in [0.2, 0.25) is 0 Å². The molecule has 104 valence electrons. The molecular formula is C17H30O. The quantitative estimate of drug-likeness (QED) is 0.687. The van der Waals surface area contributed by atoms with Gasteiger partial charge in [0.1, 0.15) is 5.78 Å². The van der Waals surface area contributed by atoms with Crippen molar-refractivity contribution < 1.29 is 4.79 Å². The number of ketones is 1. The van der Waals surface area contributed by atoms with Gasteiger partial charge in [-0.3, -0.25) is 4.79 Å². The second-order valence-electron chi connectivity index (χ2n) is 7.88. The SMILES string of the molecule is CC(C)(C)CC1CCCC1C(=O)CC1CCCC1. The molecule has 1 nitrogen and oxygen atoms in total. The van der Waals surface area contributed by atoms with Gasteiger partial charge in [-0.15, -0.1) is 0 Å². The molecule has 0 spiro atoms. The third kappa shape index (κ3) is 3.83. The largest absolute Gasteiger partial charge is 0.299 e. The fourth-order valence-electron chi connectivity index (χ4n) is 4.14. The Balaban J connectivity index is 1.87. The van der Waals surface area contributed by atoms with Gasteiger partial charge in [0.05, 0.1) is 0 Å². The van der Waals surface area contributed by atoms with Crippen molar-refractivity contribution in [1.82, 2.24) is 0 Å². The van der Waals surface area contributed by atoms with E-state index in [4.69, 9.17) is 0 Å². The topological polar surface area (TPSA) is 17.1 Å². The molecule has 0 saturated heterocycles. The molecular weight excluding hydrogens is 220 g/mol. The first-order valence-corrected chi connectivity index (χ1v) is 7.98. The van der Waals surface area contributed by atoms with Crippen LogP contribution in [0.25, 0.3) is 0 Å². The average Bonchev–Trinajstić information content (AvgIpc) is 2.86. The highest BCUT2D eigenvalue weighted by molar-refractivity contribution is 5.81. The molecule has 0 amide bonds. The molecule has 0 aromatic heterocycles. The Kier molecular flexibility index (Phi) is 4.50. The van der Waals surface area contributed by atoms with Crippen molar-refractivity contribution in [2.45, 2.75) is 78.6 Å². The Hall–Kier alpha value is -0.330. The number of hydrogen-bond donors (Lipinski definition) is 0. The molecule has 0 aromatic carbocycles. The summed E-state index contributed by atoms with van der Waals surface area (Å²) < 4.78 is 0. The van der Waals surface area contributed by atoms with Gasteiger partial charge >= 0.3 is 0 Å². The van der Waals surface area contributed by atoms with Crippen LogP contribution in [0.4, 0.5) is 0 Å². The van der Waals surface area contributed by atoms with Gasteiger partial charge in [0.15, 0.2) is 0 Å². The van der Waals surface area contributed by atoms with Crippen molar-refractivity contribution in [3.8, 4) is 0 Å². The van der Waals surface area contributed by atoms with E-state index < -0.39 is 0 Å². The van der Waals surface area contributed by atoms with E-state index in [9.17, 15) is 4.79 Å². The van der Waals surface area contributed by atoms with Gasteiger partial charge in [0, 0.05) is 12.3 Å². The van der Waals surface area contributed by atoms with Crippen molar-refractivity contribution in [3.63, 3.8) is 0 Å². The summed E-state index contributed by atoms with van der Waals surface area (Å²) in [6, 6.07) is 0. The van der Waals surface area contributed by atoms with Crippen molar-refractivity contribution in [2.75, 3.05) is 0 Å². The van der Waals surface area contributed by atoms with Gasteiger partial charge in [-0.2, -0.15) is 0 Å². The van der Waals surface area contributed by atoms with Crippen LogP contribution in [0.5, 0.6) is 0 Å². The zero-order valence-electron chi connectivity index (χ0n) is 12.5. The maximum atomic E-state index is 12.5. The third-order valence-electron chi connectivity index (χ3n) is 4.91. The molecule has 0 heterocycles. The van der Waals surface area contributed by atoms with E-state index in [-0.39, 0.29) is 0 Å². The standard InChI is InChI=1S/C17H30O/c1-17(2,3)12-14-9-6-10-15(14)16(18)11-13-7-4-5-8-13/h13-15H,4-12H2,1-3H3. The Bertz CT molecular complexity index is 280. The van der Waals surface area contributed by atoms with Crippen LogP contribution in [-0.4, -0.2) is 5.78 Å². The van der Waals surface area contributed by atoms with E-state index in [1.807, 2.05) is 0 Å². The molecule has 2 fully saturated rings. The van der Waals surface area contributed by atoms with Crippen LogP contribution in [0.15, 0.2) is 0 Å². The average molecular weight is 250 g/mol. The predicted molar refractivity (Wildman–Crippen MR) is 76.5 cm³/mol. The number of rotatable bonds is 4. The molecule has 2 aliphatic carbocycles. The molecule has 2 aliphatic rings. The molecule has 2 unspecified atom stereocenters. The van der Waals surface area contributed by atoms with Gasteiger partial charge in [-0.25, -0.2) is 0 Å². The molecule has 18 heavy (non-hydrogen) atoms. The fourth-order valence-corrected chi connectivity index (χ4v) is 4.14. The lowest BCUT2D eigenvalue weighted by molar-refractivity contribution is -0.125. The summed E-state index contributed by atoms with van der Waals surface area (Å²) in [5, 5.41) is 0. The zero-order chi connectivity index (χ0) is 13.2. The summed E-state index contributed by atoms with van der Waals surface area (Å²) in [6.07, 6.45) is 11.2. The smallest absolute Gasteiger partial charge is 0.136 e. The molecule has 2 saturated carbocycles. The van der Waals surface area contributed by atoms with Gasteiger partial charge in [-0.1, -0.05) is 52.9 Å². The highest BCUT2D eigenvalue weighted by Gasteiger charge is 2.35. The summed E-state index contributed by atoms with van der Waals surface area (Å²) in [5.74, 6) is 2.42. The fraction of sp³-hybridized carbons (Fsp3) is 0.941. The third-order valence-corrected chi connectivity index (χ3v) is 4.91. The molecule has 0 aromatic rings. The van der Waals surface area contributed by atoms with Crippen LogP contribution in [0.3, 0.4) is 0 Å². The van der Waals surface area contributed by atoms with Crippen LogP contribution < -0.4 is 0 Å². The Morgan fingerprint density at radius 1 is 1.00 bits per heavy atom. The second-order valence-corrected chi connectivity index (χ2v) is 7.88. The zero-order valence-corrected chi connectivity index (χ0v) is 12.5. The van der Waals surface area contributed by atoms with E-state index in [1.165, 1.54) is 51.4 Å². The second kappa shape index (κ2) is 5.75. The van der Waals surface area contributed by atoms with E-state index in [0.29, 0.717) is 23.0 Å². The molecule has 0 bridgehead atoms. The first-order chi connectivity index (χ1) is 8.46. The Morgan fingerprint density at radius 3 is 2.28 bits per heavy atom. The lowest BCUT2D eigenvalue weighted by Gasteiger charge is -2.27. The van der Waals surface area contributed by atoms with E-state index in [0.717, 1.165) is 12.3 Å². The maximum absolute atomic E-state index is 12.5. The van der Waals surface area contributed by atoms with E-state index in [2.05, 4.69) is 20.8 Å². The number of hydrogen-bond acceptors (Lipinski definition) is 1. The predicted octanol–water partition coefficient (Wildman–Crippen LogP) is 4.99. The monoisotopic (exact) mass is 250 g/mol. The van der Waals surface area contributed by atoms with Gasteiger partial charge in [0.25, 0.3) is 0 Å². The van der Waals surface area contributed by atoms with Crippen LogP contribution in [-0.2, 0) is 4.79 Å². The maximum Gasteiger partial charge on any atom is 0.136 e. The van der Waals surface area contributed by atoms with Crippen molar-refractivity contribution in [2.24, 2.45) is 23.2 Å². The first kappa shape index (κ1) is 14.1. The number of Topliss-reactive ketones (excluding diaryl/α,β-unsaturated/α-hetero) is 1. The minimum Gasteiger partial charge on any atom is -0.299 e. The molecule has 0 N–H and O–H groups in total. The van der Waals surface area contributed by atoms with Crippen molar-refractivity contribution in [3.05, 3.63) is 0 Å². The van der Waals surface area contributed by atoms with Gasteiger partial charge in [-0.05, 0) is 36.5 Å². The summed E-state index contributed by atoms with van der Waals surface area (Å²) in [6.45, 7) is 6.93. The lowest BCUT2D eigenvalue weighted by Crippen LogP contribution is -2.24. The van der Waals surface area contributed by atoms with E-state index in [1.54, 1.807) is 0 Å². The van der Waals surface area contributed by atoms with Crippen LogP contribution >= 0.6 is 0 Å². The molecule has 0 aliphatic heterocycles. The Labute approximate surface area is 113 Å². The number of carbonyl (C=O) groups is 1. The van der Waals surface area contributed by atoms with E-state index >= 15 is 0 Å². The summed E-state index contributed by atoms with van der Waals surface area (Å²) in [4.78, 5) is 12.5. The van der Waals surface area contributed by atoms with Gasteiger partial charge < -0.3 is 0 Å². The van der Waals surface area contributed by atoms with Crippen LogP contribution in [0.1, 0.15) is 78.6 Å². The molecule has 2 rings (SSSR count). The van der Waals surface area contributed by atoms with Crippen molar-refractivity contribution in [1.29, 1.82) is 0 Å².